The van der Waals surface area contributed by atoms with Crippen molar-refractivity contribution in [3.8, 4) is 5.75 Å². The molecule has 0 aliphatic carbocycles. The Bertz CT molecular complexity index is 853. The Morgan fingerprint density at radius 2 is 1.93 bits per heavy atom. The number of aromatic nitrogens is 1. The Balaban J connectivity index is 1.62. The molecule has 1 saturated heterocycles. The molecule has 1 atom stereocenters. The predicted molar refractivity (Wildman–Crippen MR) is 112 cm³/mol. The van der Waals surface area contributed by atoms with Crippen molar-refractivity contribution in [3.63, 3.8) is 0 Å². The van der Waals surface area contributed by atoms with Gasteiger partial charge in [-0.2, -0.15) is 0 Å². The number of methoxy groups -OCH3 is 1. The van der Waals surface area contributed by atoms with Gasteiger partial charge in [-0.3, -0.25) is 9.59 Å². The Labute approximate surface area is 172 Å². The Kier molecular flexibility index (Phi) is 7.22. The third-order valence-electron chi connectivity index (χ3n) is 5.43. The number of carbonyl (C=O) groups is 2. The number of likely N-dealkylation sites (tertiary alicyclic amines) is 1. The molecule has 2 heterocycles. The smallest absolute Gasteiger partial charge is 0.272 e. The highest BCUT2D eigenvalue weighted by atomic mass is 16.5. The maximum Gasteiger partial charge on any atom is 0.272 e. The maximum atomic E-state index is 12.9. The molecule has 1 N–H and O–H groups in total. The van der Waals surface area contributed by atoms with Gasteiger partial charge in [0.05, 0.1) is 7.11 Å². The first kappa shape index (κ1) is 20.8. The van der Waals surface area contributed by atoms with Crippen LogP contribution in [0.15, 0.2) is 42.5 Å². The standard InChI is InChI=1S/C23H29N3O3/c1-3-18-10-6-7-16-26(18)23(28)20-12-8-11-19(25-20)22(27)24-15-14-17-9-4-5-13-21(17)29-2/h4-5,8-9,11-13,18H,3,6-7,10,14-16H2,1-2H3,(H,24,27). The molecule has 1 aromatic heterocycles. The minimum atomic E-state index is -0.278. The van der Waals surface area contributed by atoms with E-state index in [1.54, 1.807) is 25.3 Å². The topological polar surface area (TPSA) is 71.5 Å². The van der Waals surface area contributed by atoms with Crippen LogP contribution in [0.3, 0.4) is 0 Å². The van der Waals surface area contributed by atoms with Crippen molar-refractivity contribution < 1.29 is 14.3 Å². The van der Waals surface area contributed by atoms with E-state index in [0.29, 0.717) is 18.7 Å². The second kappa shape index (κ2) is 10.0. The molecular weight excluding hydrogens is 366 g/mol. The zero-order chi connectivity index (χ0) is 20.6. The summed E-state index contributed by atoms with van der Waals surface area (Å²) in [6.07, 6.45) is 4.80. The van der Waals surface area contributed by atoms with Crippen LogP contribution in [0.2, 0.25) is 0 Å². The SMILES string of the molecule is CCC1CCCCN1C(=O)c1cccc(C(=O)NCCc2ccccc2OC)n1. The summed E-state index contributed by atoms with van der Waals surface area (Å²) in [6.45, 7) is 3.33. The summed E-state index contributed by atoms with van der Waals surface area (Å²) in [5.41, 5.74) is 1.63. The molecule has 0 bridgehead atoms. The van der Waals surface area contributed by atoms with Crippen molar-refractivity contribution in [2.45, 2.75) is 45.1 Å². The largest absolute Gasteiger partial charge is 0.496 e. The van der Waals surface area contributed by atoms with Crippen LogP contribution < -0.4 is 10.1 Å². The van der Waals surface area contributed by atoms with E-state index < -0.39 is 0 Å². The summed E-state index contributed by atoms with van der Waals surface area (Å²) in [6, 6.07) is 13.1. The number of para-hydroxylation sites is 1. The number of hydrogen-bond acceptors (Lipinski definition) is 4. The van der Waals surface area contributed by atoms with Crippen LogP contribution in [-0.2, 0) is 6.42 Å². The van der Waals surface area contributed by atoms with E-state index in [9.17, 15) is 9.59 Å². The molecule has 0 saturated carbocycles. The van der Waals surface area contributed by atoms with Gasteiger partial charge in [0.15, 0.2) is 0 Å². The van der Waals surface area contributed by atoms with Crippen LogP contribution in [0.5, 0.6) is 5.75 Å². The van der Waals surface area contributed by atoms with Gasteiger partial charge in [-0.1, -0.05) is 31.2 Å². The molecule has 1 aromatic carbocycles. The molecular formula is C23H29N3O3. The summed E-state index contributed by atoms with van der Waals surface area (Å²) in [5, 5.41) is 2.88. The molecule has 29 heavy (non-hydrogen) atoms. The van der Waals surface area contributed by atoms with Gasteiger partial charge in [0, 0.05) is 19.1 Å². The molecule has 2 aromatic rings. The maximum absolute atomic E-state index is 12.9. The third-order valence-corrected chi connectivity index (χ3v) is 5.43. The van der Waals surface area contributed by atoms with Gasteiger partial charge in [-0.25, -0.2) is 4.98 Å². The highest BCUT2D eigenvalue weighted by molar-refractivity contribution is 5.96. The minimum Gasteiger partial charge on any atom is -0.496 e. The number of rotatable bonds is 7. The van der Waals surface area contributed by atoms with Crippen molar-refractivity contribution in [2.75, 3.05) is 20.2 Å². The van der Waals surface area contributed by atoms with Crippen LogP contribution in [0.4, 0.5) is 0 Å². The monoisotopic (exact) mass is 395 g/mol. The predicted octanol–water partition coefficient (Wildman–Crippen LogP) is 3.47. The third kappa shape index (κ3) is 5.13. The molecule has 1 fully saturated rings. The number of pyridine rings is 1. The number of nitrogens with one attached hydrogen (secondary N) is 1. The van der Waals surface area contributed by atoms with E-state index in [0.717, 1.165) is 43.5 Å². The molecule has 3 rings (SSSR count). The van der Waals surface area contributed by atoms with E-state index in [1.165, 1.54) is 0 Å². The molecule has 2 amide bonds. The number of benzene rings is 1. The van der Waals surface area contributed by atoms with E-state index in [2.05, 4.69) is 17.2 Å². The first-order valence-electron chi connectivity index (χ1n) is 10.3. The summed E-state index contributed by atoms with van der Waals surface area (Å²) in [5.74, 6) is 0.444. The summed E-state index contributed by atoms with van der Waals surface area (Å²) < 4.78 is 5.34. The van der Waals surface area contributed by atoms with Crippen molar-refractivity contribution in [1.29, 1.82) is 0 Å². The zero-order valence-corrected chi connectivity index (χ0v) is 17.2. The van der Waals surface area contributed by atoms with E-state index in [4.69, 9.17) is 4.74 Å². The lowest BCUT2D eigenvalue weighted by atomic mass is 9.99. The van der Waals surface area contributed by atoms with Gasteiger partial charge in [0.1, 0.15) is 17.1 Å². The molecule has 154 valence electrons. The highest BCUT2D eigenvalue weighted by Gasteiger charge is 2.27. The number of piperidine rings is 1. The van der Waals surface area contributed by atoms with Crippen LogP contribution in [0, 0.1) is 0 Å². The zero-order valence-electron chi connectivity index (χ0n) is 17.2. The van der Waals surface area contributed by atoms with Gasteiger partial charge < -0.3 is 15.0 Å². The van der Waals surface area contributed by atoms with Crippen molar-refractivity contribution >= 4 is 11.8 Å². The van der Waals surface area contributed by atoms with Crippen LogP contribution in [0.25, 0.3) is 0 Å². The molecule has 1 aliphatic heterocycles. The first-order chi connectivity index (χ1) is 14.1. The Morgan fingerprint density at radius 3 is 2.72 bits per heavy atom. The van der Waals surface area contributed by atoms with E-state index in [-0.39, 0.29) is 23.6 Å². The second-order valence-electron chi connectivity index (χ2n) is 7.28. The van der Waals surface area contributed by atoms with Crippen molar-refractivity contribution in [2.24, 2.45) is 0 Å². The number of amides is 2. The fourth-order valence-electron chi connectivity index (χ4n) is 3.83. The number of ether oxygens (including phenoxy) is 1. The fourth-order valence-corrected chi connectivity index (χ4v) is 3.83. The quantitative estimate of drug-likeness (QED) is 0.779. The van der Waals surface area contributed by atoms with Crippen molar-refractivity contribution in [1.82, 2.24) is 15.2 Å². The molecule has 1 aliphatic rings. The van der Waals surface area contributed by atoms with E-state index >= 15 is 0 Å². The van der Waals surface area contributed by atoms with Crippen LogP contribution >= 0.6 is 0 Å². The lowest BCUT2D eigenvalue weighted by molar-refractivity contribution is 0.0602. The Hall–Kier alpha value is -2.89. The van der Waals surface area contributed by atoms with E-state index in [1.807, 2.05) is 29.2 Å². The average molecular weight is 396 g/mol. The number of nitrogens with zero attached hydrogens (tertiary/aromatic N) is 2. The number of carbonyl (C=O) groups excluding carboxylic acids is 2. The van der Waals surface area contributed by atoms with Crippen LogP contribution in [-0.4, -0.2) is 47.9 Å². The summed E-state index contributed by atoms with van der Waals surface area (Å²) in [4.78, 5) is 31.7. The molecule has 0 radical (unpaired) electrons. The number of hydrogen-bond donors (Lipinski definition) is 1. The van der Waals surface area contributed by atoms with Gasteiger partial charge >= 0.3 is 0 Å². The molecule has 6 heteroatoms. The Morgan fingerprint density at radius 1 is 1.14 bits per heavy atom. The lowest BCUT2D eigenvalue weighted by Gasteiger charge is -2.35. The van der Waals surface area contributed by atoms with Gasteiger partial charge in [-0.05, 0) is 55.9 Å². The van der Waals surface area contributed by atoms with Gasteiger partial charge in [0.2, 0.25) is 0 Å². The van der Waals surface area contributed by atoms with Crippen LogP contribution in [0.1, 0.15) is 59.1 Å². The average Bonchev–Trinajstić information content (AvgIpc) is 2.78. The first-order valence-corrected chi connectivity index (χ1v) is 10.3. The second-order valence-corrected chi connectivity index (χ2v) is 7.28. The van der Waals surface area contributed by atoms with Gasteiger partial charge in [-0.15, -0.1) is 0 Å². The van der Waals surface area contributed by atoms with Crippen molar-refractivity contribution in [3.05, 3.63) is 59.4 Å². The molecule has 1 unspecified atom stereocenters. The normalized spacial score (nSPS) is 16.3. The molecule has 0 spiro atoms. The molecule has 6 nitrogen and oxygen atoms in total. The van der Waals surface area contributed by atoms with Gasteiger partial charge in [0.25, 0.3) is 11.8 Å². The highest BCUT2D eigenvalue weighted by Crippen LogP contribution is 2.21. The minimum absolute atomic E-state index is 0.0831. The fraction of sp³-hybridized carbons (Fsp3) is 0.435. The summed E-state index contributed by atoms with van der Waals surface area (Å²) >= 11 is 0. The summed E-state index contributed by atoms with van der Waals surface area (Å²) in [7, 11) is 1.63. The lowest BCUT2D eigenvalue weighted by Crippen LogP contribution is -2.43.